The number of rotatable bonds is 5. The van der Waals surface area contributed by atoms with Crippen LogP contribution < -0.4 is 0 Å². The molecule has 0 aliphatic carbocycles. The highest BCUT2D eigenvalue weighted by molar-refractivity contribution is 6.31. The van der Waals surface area contributed by atoms with Gasteiger partial charge in [0.15, 0.2) is 0 Å². The Bertz CT molecular complexity index is 374. The molecule has 0 spiro atoms. The number of carbonyl (C=O) groups is 1. The smallest absolute Gasteiger partial charge is 0.310 e. The van der Waals surface area contributed by atoms with Gasteiger partial charge in [0, 0.05) is 5.02 Å². The Morgan fingerprint density at radius 1 is 1.50 bits per heavy atom. The Hall–Kier alpha value is -1.02. The van der Waals surface area contributed by atoms with Gasteiger partial charge in [0.2, 0.25) is 0 Å². The van der Waals surface area contributed by atoms with E-state index < -0.39 is 11.9 Å². The lowest BCUT2D eigenvalue weighted by molar-refractivity contribution is -0.139. The molecule has 3 heteroatoms. The van der Waals surface area contributed by atoms with Gasteiger partial charge >= 0.3 is 5.97 Å². The number of carboxylic acid groups (broad SMARTS) is 1. The average Bonchev–Trinajstić information content (AvgIpc) is 2.23. The van der Waals surface area contributed by atoms with E-state index in [1.807, 2.05) is 19.1 Å². The molecule has 0 radical (unpaired) electrons. The van der Waals surface area contributed by atoms with E-state index in [1.54, 1.807) is 6.07 Å². The van der Waals surface area contributed by atoms with E-state index in [2.05, 4.69) is 6.92 Å². The van der Waals surface area contributed by atoms with Gasteiger partial charge in [0.1, 0.15) is 0 Å². The van der Waals surface area contributed by atoms with Crippen LogP contribution in [0.3, 0.4) is 0 Å². The molecule has 0 fully saturated rings. The summed E-state index contributed by atoms with van der Waals surface area (Å²) in [7, 11) is 0. The van der Waals surface area contributed by atoms with E-state index in [4.69, 9.17) is 11.6 Å². The quantitative estimate of drug-likeness (QED) is 0.845. The van der Waals surface area contributed by atoms with Gasteiger partial charge in [0.05, 0.1) is 5.92 Å². The molecule has 1 aromatic rings. The van der Waals surface area contributed by atoms with Crippen LogP contribution in [0, 0.1) is 6.92 Å². The van der Waals surface area contributed by atoms with Crippen molar-refractivity contribution in [2.24, 2.45) is 0 Å². The highest BCUT2D eigenvalue weighted by atomic mass is 35.5. The summed E-state index contributed by atoms with van der Waals surface area (Å²) in [6.07, 6.45) is 2.59. The first kappa shape index (κ1) is 13.0. The first-order valence-corrected chi connectivity index (χ1v) is 5.93. The maximum Gasteiger partial charge on any atom is 0.310 e. The molecule has 0 heterocycles. The molecule has 0 aromatic heterocycles. The average molecular weight is 241 g/mol. The molecular formula is C13H17ClO2. The Morgan fingerprint density at radius 2 is 2.19 bits per heavy atom. The van der Waals surface area contributed by atoms with Crippen LogP contribution in [0.4, 0.5) is 0 Å². The van der Waals surface area contributed by atoms with Gasteiger partial charge in [0.25, 0.3) is 0 Å². The summed E-state index contributed by atoms with van der Waals surface area (Å²) in [5.74, 6) is -1.20. The second-order valence-electron chi connectivity index (χ2n) is 4.04. The second kappa shape index (κ2) is 5.90. The first-order chi connectivity index (χ1) is 7.56. The predicted octanol–water partition coefficient (Wildman–Crippen LogP) is 4.01. The van der Waals surface area contributed by atoms with Gasteiger partial charge in [-0.05, 0) is 30.5 Å². The molecule has 88 valence electrons. The van der Waals surface area contributed by atoms with Crippen LogP contribution in [0.15, 0.2) is 18.2 Å². The van der Waals surface area contributed by atoms with Crippen LogP contribution in [0.5, 0.6) is 0 Å². The highest BCUT2D eigenvalue weighted by Crippen LogP contribution is 2.26. The van der Waals surface area contributed by atoms with Crippen molar-refractivity contribution in [1.29, 1.82) is 0 Å². The molecule has 0 saturated heterocycles. The molecule has 0 aliphatic heterocycles. The summed E-state index contributed by atoms with van der Waals surface area (Å²) in [4.78, 5) is 11.2. The number of benzene rings is 1. The summed E-state index contributed by atoms with van der Waals surface area (Å²) < 4.78 is 0. The van der Waals surface area contributed by atoms with Crippen LogP contribution in [-0.2, 0) is 4.79 Å². The van der Waals surface area contributed by atoms with Gasteiger partial charge in [-0.25, -0.2) is 0 Å². The number of hydrogen-bond donors (Lipinski definition) is 1. The fraction of sp³-hybridized carbons (Fsp3) is 0.462. The van der Waals surface area contributed by atoms with Crippen molar-refractivity contribution in [3.05, 3.63) is 34.3 Å². The third-order valence-corrected chi connectivity index (χ3v) is 3.15. The Labute approximate surface area is 101 Å². The molecule has 1 aromatic carbocycles. The minimum absolute atomic E-state index is 0.432. The van der Waals surface area contributed by atoms with Gasteiger partial charge in [-0.3, -0.25) is 4.79 Å². The van der Waals surface area contributed by atoms with Crippen molar-refractivity contribution < 1.29 is 9.90 Å². The molecule has 0 amide bonds. The summed E-state index contributed by atoms with van der Waals surface area (Å²) in [5, 5.41) is 9.81. The molecule has 1 unspecified atom stereocenters. The van der Waals surface area contributed by atoms with E-state index >= 15 is 0 Å². The van der Waals surface area contributed by atoms with E-state index in [0.717, 1.165) is 24.0 Å². The number of aryl methyl sites for hydroxylation is 1. The molecule has 0 aliphatic rings. The van der Waals surface area contributed by atoms with Gasteiger partial charge in [-0.15, -0.1) is 0 Å². The second-order valence-corrected chi connectivity index (χ2v) is 4.45. The maximum atomic E-state index is 11.2. The van der Waals surface area contributed by atoms with Crippen LogP contribution in [-0.4, -0.2) is 11.1 Å². The summed E-state index contributed by atoms with van der Waals surface area (Å²) in [6.45, 7) is 3.97. The highest BCUT2D eigenvalue weighted by Gasteiger charge is 2.19. The van der Waals surface area contributed by atoms with Crippen molar-refractivity contribution in [3.8, 4) is 0 Å². The van der Waals surface area contributed by atoms with Gasteiger partial charge < -0.3 is 5.11 Å². The Kier molecular flexibility index (Phi) is 4.81. The third-order valence-electron chi connectivity index (χ3n) is 2.74. The van der Waals surface area contributed by atoms with Crippen molar-refractivity contribution in [2.45, 2.75) is 39.0 Å². The predicted molar refractivity (Wildman–Crippen MR) is 66.1 cm³/mol. The standard InChI is InChI=1S/C13H17ClO2/c1-3-4-5-11(13(15)16)10-7-6-9(2)12(14)8-10/h6-8,11H,3-5H2,1-2H3,(H,15,16). The Morgan fingerprint density at radius 3 is 2.69 bits per heavy atom. The number of carboxylic acids is 1. The molecule has 0 saturated carbocycles. The number of unbranched alkanes of at least 4 members (excludes halogenated alkanes) is 1. The summed E-state index contributed by atoms with van der Waals surface area (Å²) in [5.41, 5.74) is 1.78. The Balaban J connectivity index is 2.92. The molecule has 1 atom stereocenters. The lowest BCUT2D eigenvalue weighted by Gasteiger charge is -2.13. The van der Waals surface area contributed by atoms with Crippen LogP contribution in [0.2, 0.25) is 5.02 Å². The number of aliphatic carboxylic acids is 1. The first-order valence-electron chi connectivity index (χ1n) is 5.55. The molecule has 2 nitrogen and oxygen atoms in total. The zero-order valence-corrected chi connectivity index (χ0v) is 10.4. The van der Waals surface area contributed by atoms with Crippen LogP contribution in [0.1, 0.15) is 43.2 Å². The van der Waals surface area contributed by atoms with E-state index in [9.17, 15) is 9.90 Å². The molecule has 1 N–H and O–H groups in total. The van der Waals surface area contributed by atoms with Crippen molar-refractivity contribution >= 4 is 17.6 Å². The maximum absolute atomic E-state index is 11.2. The van der Waals surface area contributed by atoms with Gasteiger partial charge in [-0.2, -0.15) is 0 Å². The van der Waals surface area contributed by atoms with Crippen LogP contribution in [0.25, 0.3) is 0 Å². The topological polar surface area (TPSA) is 37.3 Å². The lowest BCUT2D eigenvalue weighted by atomic mass is 9.93. The normalized spacial score (nSPS) is 12.4. The fourth-order valence-electron chi connectivity index (χ4n) is 1.67. The van der Waals surface area contributed by atoms with Gasteiger partial charge in [-0.1, -0.05) is 43.5 Å². The minimum Gasteiger partial charge on any atom is -0.481 e. The van der Waals surface area contributed by atoms with Crippen molar-refractivity contribution in [1.82, 2.24) is 0 Å². The lowest BCUT2D eigenvalue weighted by Crippen LogP contribution is -2.11. The number of hydrogen-bond acceptors (Lipinski definition) is 1. The monoisotopic (exact) mass is 240 g/mol. The molecule has 1 rings (SSSR count). The van der Waals surface area contributed by atoms with Crippen molar-refractivity contribution in [2.75, 3.05) is 0 Å². The van der Waals surface area contributed by atoms with E-state index in [-0.39, 0.29) is 0 Å². The summed E-state index contributed by atoms with van der Waals surface area (Å²) >= 11 is 6.00. The van der Waals surface area contributed by atoms with Crippen LogP contribution >= 0.6 is 11.6 Å². The molecular weight excluding hydrogens is 224 g/mol. The molecule has 16 heavy (non-hydrogen) atoms. The largest absolute Gasteiger partial charge is 0.481 e. The third kappa shape index (κ3) is 3.24. The zero-order valence-electron chi connectivity index (χ0n) is 9.66. The zero-order chi connectivity index (χ0) is 12.1. The van der Waals surface area contributed by atoms with Crippen molar-refractivity contribution in [3.63, 3.8) is 0 Å². The fourth-order valence-corrected chi connectivity index (χ4v) is 1.86. The summed E-state index contributed by atoms with van der Waals surface area (Å²) in [6, 6.07) is 5.50. The van der Waals surface area contributed by atoms with E-state index in [1.165, 1.54) is 0 Å². The SMILES string of the molecule is CCCCC(C(=O)O)c1ccc(C)c(Cl)c1. The number of halogens is 1. The van der Waals surface area contributed by atoms with E-state index in [0.29, 0.717) is 11.4 Å². The molecule has 0 bridgehead atoms. The minimum atomic E-state index is -0.770.